The van der Waals surface area contributed by atoms with Crippen LogP contribution >= 0.6 is 34.8 Å². The number of anilines is 1. The van der Waals surface area contributed by atoms with Crippen LogP contribution in [-0.4, -0.2) is 17.0 Å². The molecule has 0 saturated heterocycles. The van der Waals surface area contributed by atoms with Gasteiger partial charge in [-0.3, -0.25) is 9.59 Å². The van der Waals surface area contributed by atoms with Crippen molar-refractivity contribution in [1.29, 1.82) is 0 Å². The smallest absolute Gasteiger partial charge is 0.307 e. The highest BCUT2D eigenvalue weighted by Gasteiger charge is 2.37. The average Bonchev–Trinajstić information content (AvgIpc) is 2.85. The molecule has 1 fully saturated rings. The highest BCUT2D eigenvalue weighted by Crippen LogP contribution is 2.35. The summed E-state index contributed by atoms with van der Waals surface area (Å²) < 4.78 is 0. The molecule has 2 N–H and O–H groups in total. The number of halogens is 3. The molecular weight excluding hydrogens is 325 g/mol. The zero-order valence-electron chi connectivity index (χ0n) is 10.3. The molecule has 1 aromatic carbocycles. The summed E-state index contributed by atoms with van der Waals surface area (Å²) in [7, 11) is 0. The number of nitrogens with one attached hydrogen (secondary N) is 1. The van der Waals surface area contributed by atoms with Crippen LogP contribution in [0.4, 0.5) is 5.69 Å². The van der Waals surface area contributed by atoms with Crippen LogP contribution in [0.2, 0.25) is 15.1 Å². The van der Waals surface area contributed by atoms with Gasteiger partial charge in [0.05, 0.1) is 32.6 Å². The largest absolute Gasteiger partial charge is 0.481 e. The predicted octanol–water partition coefficient (Wildman–Crippen LogP) is 4.09. The number of amides is 1. The number of hydrogen-bond donors (Lipinski definition) is 2. The van der Waals surface area contributed by atoms with Crippen molar-refractivity contribution in [3.05, 3.63) is 27.2 Å². The summed E-state index contributed by atoms with van der Waals surface area (Å²) in [6, 6.07) is 2.89. The lowest BCUT2D eigenvalue weighted by atomic mass is 9.95. The van der Waals surface area contributed by atoms with Crippen LogP contribution < -0.4 is 5.32 Å². The topological polar surface area (TPSA) is 66.4 Å². The van der Waals surface area contributed by atoms with Crippen LogP contribution in [0.15, 0.2) is 12.1 Å². The van der Waals surface area contributed by atoms with Gasteiger partial charge in [0.2, 0.25) is 5.91 Å². The Morgan fingerprint density at radius 2 is 1.65 bits per heavy atom. The molecule has 0 bridgehead atoms. The second kappa shape index (κ2) is 6.20. The monoisotopic (exact) mass is 335 g/mol. The van der Waals surface area contributed by atoms with Gasteiger partial charge in [0.25, 0.3) is 0 Å². The number of carbonyl (C=O) groups excluding carboxylic acids is 1. The molecule has 0 aliphatic heterocycles. The van der Waals surface area contributed by atoms with Crippen molar-refractivity contribution in [3.63, 3.8) is 0 Å². The Kier molecular flexibility index (Phi) is 4.78. The molecule has 1 aliphatic rings. The van der Waals surface area contributed by atoms with Crippen molar-refractivity contribution in [3.8, 4) is 0 Å². The van der Waals surface area contributed by atoms with Gasteiger partial charge in [-0.15, -0.1) is 0 Å². The van der Waals surface area contributed by atoms with Crippen LogP contribution in [0.5, 0.6) is 0 Å². The maximum Gasteiger partial charge on any atom is 0.307 e. The third-order valence-corrected chi connectivity index (χ3v) is 4.47. The molecule has 1 saturated carbocycles. The maximum atomic E-state index is 12.2. The lowest BCUT2D eigenvalue weighted by molar-refractivity contribution is -0.145. The van der Waals surface area contributed by atoms with Crippen LogP contribution in [0, 0.1) is 11.8 Å². The number of benzene rings is 1. The molecule has 108 valence electrons. The van der Waals surface area contributed by atoms with Crippen LogP contribution in [0.3, 0.4) is 0 Å². The van der Waals surface area contributed by atoms with Crippen molar-refractivity contribution >= 4 is 52.4 Å². The molecule has 1 aromatic rings. The highest BCUT2D eigenvalue weighted by atomic mass is 35.5. The van der Waals surface area contributed by atoms with Gasteiger partial charge >= 0.3 is 5.97 Å². The molecular formula is C13H12Cl3NO3. The first-order valence-corrected chi connectivity index (χ1v) is 7.21. The third kappa shape index (κ3) is 3.19. The molecule has 2 rings (SSSR count). The minimum atomic E-state index is -0.942. The fraction of sp³-hybridized carbons (Fsp3) is 0.385. The molecule has 0 heterocycles. The Labute approximate surface area is 131 Å². The first-order chi connectivity index (χ1) is 9.40. The van der Waals surface area contributed by atoms with Gasteiger partial charge < -0.3 is 10.4 Å². The van der Waals surface area contributed by atoms with E-state index in [1.165, 1.54) is 12.1 Å². The zero-order valence-corrected chi connectivity index (χ0v) is 12.6. The van der Waals surface area contributed by atoms with Gasteiger partial charge in [0, 0.05) is 0 Å². The number of hydrogen-bond acceptors (Lipinski definition) is 2. The van der Waals surface area contributed by atoms with Crippen molar-refractivity contribution in [2.45, 2.75) is 19.3 Å². The summed E-state index contributed by atoms with van der Waals surface area (Å²) in [4.78, 5) is 23.3. The lowest BCUT2D eigenvalue weighted by Crippen LogP contribution is -2.30. The fourth-order valence-corrected chi connectivity index (χ4v) is 3.01. The molecule has 2 unspecified atom stereocenters. The van der Waals surface area contributed by atoms with E-state index >= 15 is 0 Å². The number of carbonyl (C=O) groups is 2. The van der Waals surface area contributed by atoms with E-state index in [0.717, 1.165) is 6.42 Å². The van der Waals surface area contributed by atoms with Crippen LogP contribution in [0.25, 0.3) is 0 Å². The van der Waals surface area contributed by atoms with Crippen molar-refractivity contribution in [2.24, 2.45) is 11.8 Å². The number of aliphatic carboxylic acids is 1. The Hall–Kier alpha value is -0.970. The van der Waals surface area contributed by atoms with Gasteiger partial charge in [-0.1, -0.05) is 41.2 Å². The van der Waals surface area contributed by atoms with Gasteiger partial charge in [0.15, 0.2) is 0 Å². The normalized spacial score (nSPS) is 21.8. The molecule has 0 radical (unpaired) electrons. The van der Waals surface area contributed by atoms with E-state index in [2.05, 4.69) is 5.32 Å². The fourth-order valence-electron chi connectivity index (χ4n) is 2.41. The third-order valence-electron chi connectivity index (χ3n) is 3.44. The summed E-state index contributed by atoms with van der Waals surface area (Å²) in [5, 5.41) is 12.5. The number of carboxylic acid groups (broad SMARTS) is 1. The number of rotatable bonds is 3. The van der Waals surface area contributed by atoms with E-state index < -0.39 is 17.8 Å². The summed E-state index contributed by atoms with van der Waals surface area (Å²) >= 11 is 17.7. The first kappa shape index (κ1) is 15.4. The quantitative estimate of drug-likeness (QED) is 0.817. The summed E-state index contributed by atoms with van der Waals surface area (Å²) in [6.45, 7) is 0. The van der Waals surface area contributed by atoms with Crippen molar-refractivity contribution < 1.29 is 14.7 Å². The standard InChI is InChI=1S/C13H12Cl3NO3/c14-8-4-10(16)11(5-9(8)15)17-12(18)6-2-1-3-7(6)13(19)20/h4-7H,1-3H2,(H,17,18)(H,19,20). The van der Waals surface area contributed by atoms with E-state index in [1.54, 1.807) is 0 Å². The van der Waals surface area contributed by atoms with E-state index in [9.17, 15) is 9.59 Å². The molecule has 1 aliphatic carbocycles. The predicted molar refractivity (Wildman–Crippen MR) is 78.6 cm³/mol. The maximum absolute atomic E-state index is 12.2. The van der Waals surface area contributed by atoms with E-state index in [0.29, 0.717) is 23.6 Å². The van der Waals surface area contributed by atoms with Crippen molar-refractivity contribution in [1.82, 2.24) is 0 Å². The van der Waals surface area contributed by atoms with Crippen molar-refractivity contribution in [2.75, 3.05) is 5.32 Å². The molecule has 1 amide bonds. The first-order valence-electron chi connectivity index (χ1n) is 6.08. The second-order valence-corrected chi connectivity index (χ2v) is 5.94. The zero-order chi connectivity index (χ0) is 14.9. The summed E-state index contributed by atoms with van der Waals surface area (Å²) in [5.74, 6) is -2.48. The Balaban J connectivity index is 2.16. The summed E-state index contributed by atoms with van der Waals surface area (Å²) in [5.41, 5.74) is 0.335. The molecule has 0 aromatic heterocycles. The molecule has 0 spiro atoms. The second-order valence-electron chi connectivity index (χ2n) is 4.72. The van der Waals surface area contributed by atoms with Gasteiger partial charge in [-0.25, -0.2) is 0 Å². The molecule has 2 atom stereocenters. The highest BCUT2D eigenvalue weighted by molar-refractivity contribution is 6.44. The van der Waals surface area contributed by atoms with Gasteiger partial charge in [0.1, 0.15) is 0 Å². The lowest BCUT2D eigenvalue weighted by Gasteiger charge is -2.16. The minimum absolute atomic E-state index is 0.262. The SMILES string of the molecule is O=C(O)C1CCCC1C(=O)Nc1cc(Cl)c(Cl)cc1Cl. The Bertz CT molecular complexity index is 562. The average molecular weight is 337 g/mol. The van der Waals surface area contributed by atoms with Crippen LogP contribution in [0.1, 0.15) is 19.3 Å². The molecule has 20 heavy (non-hydrogen) atoms. The van der Waals surface area contributed by atoms with Gasteiger partial charge in [-0.2, -0.15) is 0 Å². The Morgan fingerprint density at radius 3 is 2.30 bits per heavy atom. The molecule has 4 nitrogen and oxygen atoms in total. The van der Waals surface area contributed by atoms with Crippen LogP contribution in [-0.2, 0) is 9.59 Å². The van der Waals surface area contributed by atoms with E-state index in [4.69, 9.17) is 39.9 Å². The summed E-state index contributed by atoms with van der Waals surface area (Å²) in [6.07, 6.45) is 1.80. The number of carboxylic acids is 1. The minimum Gasteiger partial charge on any atom is -0.481 e. The Morgan fingerprint density at radius 1 is 1.05 bits per heavy atom. The molecule has 7 heteroatoms. The van der Waals surface area contributed by atoms with Gasteiger partial charge in [-0.05, 0) is 25.0 Å². The van der Waals surface area contributed by atoms with E-state index in [-0.39, 0.29) is 16.0 Å². The van der Waals surface area contributed by atoms with E-state index in [1.807, 2.05) is 0 Å².